The van der Waals surface area contributed by atoms with Crippen molar-refractivity contribution in [3.8, 4) is 5.75 Å². The van der Waals surface area contributed by atoms with Gasteiger partial charge in [-0.15, -0.1) is 0 Å². The zero-order chi connectivity index (χ0) is 16.4. The summed E-state index contributed by atoms with van der Waals surface area (Å²) in [7, 11) is -3.65. The smallest absolute Gasteiger partial charge is 0.243 e. The van der Waals surface area contributed by atoms with Crippen LogP contribution in [-0.4, -0.2) is 37.1 Å². The van der Waals surface area contributed by atoms with Gasteiger partial charge < -0.3 is 9.84 Å². The van der Waals surface area contributed by atoms with E-state index in [0.717, 1.165) is 11.1 Å². The third-order valence-corrected chi connectivity index (χ3v) is 5.72. The third kappa shape index (κ3) is 3.72. The van der Waals surface area contributed by atoms with Crippen molar-refractivity contribution in [3.05, 3.63) is 59.7 Å². The number of nitrogens with zero attached hydrogens (tertiary/aromatic N) is 1. The minimum absolute atomic E-state index is 0.0362. The van der Waals surface area contributed by atoms with E-state index in [-0.39, 0.29) is 16.7 Å². The molecule has 1 aliphatic rings. The van der Waals surface area contributed by atoms with E-state index in [2.05, 4.69) is 0 Å². The van der Waals surface area contributed by atoms with Gasteiger partial charge in [0.15, 0.2) is 0 Å². The van der Waals surface area contributed by atoms with Gasteiger partial charge >= 0.3 is 0 Å². The first-order valence-electron chi connectivity index (χ1n) is 7.42. The fourth-order valence-electron chi connectivity index (χ4n) is 2.39. The fourth-order valence-corrected chi connectivity index (χ4v) is 3.84. The normalized spacial score (nSPS) is 17.4. The number of epoxide rings is 1. The van der Waals surface area contributed by atoms with Gasteiger partial charge in [0.1, 0.15) is 5.75 Å². The zero-order valence-corrected chi connectivity index (χ0v) is 13.7. The van der Waals surface area contributed by atoms with Crippen LogP contribution < -0.4 is 0 Å². The average molecular weight is 333 g/mol. The molecule has 1 N–H and O–H groups in total. The molecule has 0 radical (unpaired) electrons. The number of ether oxygens (including phenoxy) is 1. The highest BCUT2D eigenvalue weighted by Crippen LogP contribution is 2.24. The largest absolute Gasteiger partial charge is 0.508 e. The number of aromatic hydroxyl groups is 1. The van der Waals surface area contributed by atoms with Gasteiger partial charge in [0.05, 0.1) is 17.6 Å². The van der Waals surface area contributed by atoms with Crippen LogP contribution in [0.2, 0.25) is 0 Å². The molecule has 0 amide bonds. The number of sulfonamides is 1. The molecule has 23 heavy (non-hydrogen) atoms. The topological polar surface area (TPSA) is 70.1 Å². The molecule has 1 aliphatic heterocycles. The highest BCUT2D eigenvalue weighted by Gasteiger charge is 2.32. The maximum atomic E-state index is 12.9. The molecule has 1 unspecified atom stereocenters. The summed E-state index contributed by atoms with van der Waals surface area (Å²) in [5, 5.41) is 9.36. The number of aryl methyl sites for hydroxylation is 1. The van der Waals surface area contributed by atoms with E-state index in [1.807, 2.05) is 31.2 Å². The van der Waals surface area contributed by atoms with Crippen LogP contribution in [0.5, 0.6) is 5.75 Å². The second-order valence-corrected chi connectivity index (χ2v) is 7.61. The Hall–Kier alpha value is -1.89. The summed E-state index contributed by atoms with van der Waals surface area (Å²) in [5.74, 6) is 0.0416. The lowest BCUT2D eigenvalue weighted by Gasteiger charge is -2.22. The Morgan fingerprint density at radius 3 is 2.43 bits per heavy atom. The third-order valence-electron chi connectivity index (χ3n) is 3.89. The standard InChI is InChI=1S/C17H19NO4S/c1-13-4-2-3-5-14(13)10-18(11-16-12-22-16)23(20,21)17-8-6-15(19)7-9-17/h2-9,16,19H,10-12H2,1H3. The summed E-state index contributed by atoms with van der Waals surface area (Å²) in [6.45, 7) is 3.19. The minimum atomic E-state index is -3.65. The summed E-state index contributed by atoms with van der Waals surface area (Å²) in [6, 6.07) is 13.3. The van der Waals surface area contributed by atoms with Crippen molar-refractivity contribution in [3.63, 3.8) is 0 Å². The Bertz CT molecular complexity index is 782. The van der Waals surface area contributed by atoms with Gasteiger partial charge in [-0.3, -0.25) is 0 Å². The average Bonchev–Trinajstić information content (AvgIpc) is 3.33. The van der Waals surface area contributed by atoms with Crippen LogP contribution in [0.3, 0.4) is 0 Å². The van der Waals surface area contributed by atoms with Gasteiger partial charge in [0.2, 0.25) is 10.0 Å². The molecule has 122 valence electrons. The number of hydrogen-bond acceptors (Lipinski definition) is 4. The summed E-state index contributed by atoms with van der Waals surface area (Å²) < 4.78 is 32.5. The Labute approximate surface area is 136 Å². The number of phenols is 1. The molecule has 2 aromatic rings. The molecule has 0 spiro atoms. The van der Waals surface area contributed by atoms with E-state index in [9.17, 15) is 13.5 Å². The van der Waals surface area contributed by atoms with Crippen molar-refractivity contribution < 1.29 is 18.3 Å². The SMILES string of the molecule is Cc1ccccc1CN(CC1CO1)S(=O)(=O)c1ccc(O)cc1. The Kier molecular flexibility index (Phi) is 4.39. The van der Waals surface area contributed by atoms with Gasteiger partial charge in [-0.2, -0.15) is 4.31 Å². The van der Waals surface area contributed by atoms with E-state index in [1.165, 1.54) is 28.6 Å². The summed E-state index contributed by atoms with van der Waals surface area (Å²) in [6.07, 6.45) is -0.0362. The molecule has 3 rings (SSSR count). The van der Waals surface area contributed by atoms with Crippen LogP contribution in [0.25, 0.3) is 0 Å². The van der Waals surface area contributed by atoms with Crippen molar-refractivity contribution >= 4 is 10.0 Å². The van der Waals surface area contributed by atoms with Crippen molar-refractivity contribution in [1.82, 2.24) is 4.31 Å². The monoisotopic (exact) mass is 333 g/mol. The predicted molar refractivity (Wildman–Crippen MR) is 86.6 cm³/mol. The second-order valence-electron chi connectivity index (χ2n) is 5.67. The first-order chi connectivity index (χ1) is 11.0. The highest BCUT2D eigenvalue weighted by molar-refractivity contribution is 7.89. The number of hydrogen-bond donors (Lipinski definition) is 1. The van der Waals surface area contributed by atoms with Crippen molar-refractivity contribution in [1.29, 1.82) is 0 Å². The molecular weight excluding hydrogens is 314 g/mol. The van der Waals surface area contributed by atoms with Gasteiger partial charge in [0.25, 0.3) is 0 Å². The van der Waals surface area contributed by atoms with Crippen LogP contribution in [0, 0.1) is 6.92 Å². The Morgan fingerprint density at radius 2 is 1.83 bits per heavy atom. The summed E-state index contributed by atoms with van der Waals surface area (Å²) in [4.78, 5) is 0.171. The molecule has 0 aromatic heterocycles. The molecular formula is C17H19NO4S. The molecule has 1 heterocycles. The van der Waals surface area contributed by atoms with E-state index >= 15 is 0 Å². The predicted octanol–water partition coefficient (Wildman–Crippen LogP) is 2.29. The number of benzene rings is 2. The highest BCUT2D eigenvalue weighted by atomic mass is 32.2. The molecule has 1 saturated heterocycles. The fraction of sp³-hybridized carbons (Fsp3) is 0.294. The lowest BCUT2D eigenvalue weighted by Crippen LogP contribution is -2.34. The van der Waals surface area contributed by atoms with Crippen LogP contribution in [0.4, 0.5) is 0 Å². The Morgan fingerprint density at radius 1 is 1.17 bits per heavy atom. The molecule has 0 bridgehead atoms. The molecule has 2 aromatic carbocycles. The number of rotatable bonds is 6. The van der Waals surface area contributed by atoms with Crippen LogP contribution >= 0.6 is 0 Å². The molecule has 0 saturated carbocycles. The zero-order valence-electron chi connectivity index (χ0n) is 12.8. The molecule has 5 nitrogen and oxygen atoms in total. The first kappa shape index (κ1) is 16.0. The van der Waals surface area contributed by atoms with E-state index < -0.39 is 10.0 Å². The maximum Gasteiger partial charge on any atom is 0.243 e. The lowest BCUT2D eigenvalue weighted by atomic mass is 10.1. The van der Waals surface area contributed by atoms with Gasteiger partial charge in [0, 0.05) is 13.1 Å². The van der Waals surface area contributed by atoms with Crippen molar-refractivity contribution in [2.45, 2.75) is 24.5 Å². The van der Waals surface area contributed by atoms with Crippen molar-refractivity contribution in [2.75, 3.05) is 13.2 Å². The maximum absolute atomic E-state index is 12.9. The number of phenolic OH excluding ortho intramolecular Hbond substituents is 1. The summed E-state index contributed by atoms with van der Waals surface area (Å²) >= 11 is 0. The molecule has 1 atom stereocenters. The van der Waals surface area contributed by atoms with E-state index in [1.54, 1.807) is 0 Å². The van der Waals surface area contributed by atoms with E-state index in [0.29, 0.717) is 19.7 Å². The van der Waals surface area contributed by atoms with Crippen LogP contribution in [-0.2, 0) is 21.3 Å². The molecule has 0 aliphatic carbocycles. The Balaban J connectivity index is 1.91. The van der Waals surface area contributed by atoms with Gasteiger partial charge in [-0.25, -0.2) is 8.42 Å². The lowest BCUT2D eigenvalue weighted by molar-refractivity contribution is 0.331. The summed E-state index contributed by atoms with van der Waals surface area (Å²) in [5.41, 5.74) is 2.02. The van der Waals surface area contributed by atoms with Crippen LogP contribution in [0.1, 0.15) is 11.1 Å². The van der Waals surface area contributed by atoms with Crippen molar-refractivity contribution in [2.24, 2.45) is 0 Å². The first-order valence-corrected chi connectivity index (χ1v) is 8.86. The second kappa shape index (κ2) is 6.31. The van der Waals surface area contributed by atoms with E-state index in [4.69, 9.17) is 4.74 Å². The molecule has 6 heteroatoms. The molecule has 1 fully saturated rings. The minimum Gasteiger partial charge on any atom is -0.508 e. The van der Waals surface area contributed by atoms with Gasteiger partial charge in [-0.1, -0.05) is 24.3 Å². The van der Waals surface area contributed by atoms with Gasteiger partial charge in [-0.05, 0) is 42.3 Å². The quantitative estimate of drug-likeness (QED) is 0.824. The van der Waals surface area contributed by atoms with Crippen LogP contribution in [0.15, 0.2) is 53.4 Å².